The molecule has 0 saturated carbocycles. The first-order valence-corrected chi connectivity index (χ1v) is 7.77. The van der Waals surface area contributed by atoms with Crippen LogP contribution in [0.25, 0.3) is 12.2 Å². The summed E-state index contributed by atoms with van der Waals surface area (Å²) in [6.45, 7) is 5.68. The van der Waals surface area contributed by atoms with Crippen molar-refractivity contribution in [3.05, 3.63) is 47.0 Å². The van der Waals surface area contributed by atoms with Gasteiger partial charge in [-0.2, -0.15) is 5.26 Å². The Labute approximate surface area is 142 Å². The Balaban J connectivity index is 2.77. The van der Waals surface area contributed by atoms with Crippen LogP contribution in [0.5, 0.6) is 0 Å². The van der Waals surface area contributed by atoms with Gasteiger partial charge in [0.2, 0.25) is 0 Å². The fourth-order valence-electron chi connectivity index (χ4n) is 1.70. The average Bonchev–Trinajstić information content (AvgIpc) is 2.58. The minimum absolute atomic E-state index is 0.0581. The van der Waals surface area contributed by atoms with Crippen LogP contribution in [-0.2, 0) is 19.1 Å². The van der Waals surface area contributed by atoms with Gasteiger partial charge in [0.1, 0.15) is 11.6 Å². The normalized spacial score (nSPS) is 12.5. The van der Waals surface area contributed by atoms with Crippen LogP contribution in [0.2, 0.25) is 0 Å². The lowest BCUT2D eigenvalue weighted by Gasteiger charge is -2.07. The van der Waals surface area contributed by atoms with Crippen molar-refractivity contribution in [1.29, 1.82) is 5.26 Å². The molecule has 1 rings (SSSR count). The van der Waals surface area contributed by atoms with Crippen molar-refractivity contribution in [2.45, 2.75) is 33.3 Å². The zero-order valence-corrected chi connectivity index (χ0v) is 14.1. The van der Waals surface area contributed by atoms with E-state index in [1.54, 1.807) is 37.3 Å². The fourth-order valence-corrected chi connectivity index (χ4v) is 1.70. The number of carbonyl (C=O) groups excluding carboxylic acids is 2. The maximum atomic E-state index is 11.6. The predicted molar refractivity (Wildman–Crippen MR) is 91.5 cm³/mol. The highest BCUT2D eigenvalue weighted by atomic mass is 16.5. The predicted octanol–water partition coefficient (Wildman–Crippen LogP) is 3.51. The minimum atomic E-state index is -0.642. The van der Waals surface area contributed by atoms with Crippen molar-refractivity contribution < 1.29 is 19.1 Å². The molecule has 0 aliphatic heterocycles. The Morgan fingerprint density at radius 2 is 1.83 bits per heavy atom. The third-order valence-electron chi connectivity index (χ3n) is 3.17. The van der Waals surface area contributed by atoms with E-state index in [-0.39, 0.29) is 24.3 Å². The molecular weight excluding hydrogens is 306 g/mol. The Bertz CT molecular complexity index is 666. The van der Waals surface area contributed by atoms with Gasteiger partial charge in [-0.3, -0.25) is 0 Å². The van der Waals surface area contributed by atoms with Crippen LogP contribution in [0.15, 0.2) is 35.9 Å². The van der Waals surface area contributed by atoms with Gasteiger partial charge in [-0.15, -0.1) is 0 Å². The van der Waals surface area contributed by atoms with Gasteiger partial charge in [0.25, 0.3) is 0 Å². The highest BCUT2D eigenvalue weighted by Crippen LogP contribution is 2.11. The summed E-state index contributed by atoms with van der Waals surface area (Å²) in [7, 11) is 0. The lowest BCUT2D eigenvalue weighted by molar-refractivity contribution is -0.142. The molecule has 0 unspecified atom stereocenters. The van der Waals surface area contributed by atoms with Crippen molar-refractivity contribution in [2.75, 3.05) is 6.61 Å². The summed E-state index contributed by atoms with van der Waals surface area (Å²) in [5, 5.41) is 8.99. The molecule has 126 valence electrons. The third-order valence-corrected chi connectivity index (χ3v) is 3.17. The van der Waals surface area contributed by atoms with Crippen molar-refractivity contribution in [3.63, 3.8) is 0 Å². The highest BCUT2D eigenvalue weighted by Gasteiger charge is 2.09. The average molecular weight is 327 g/mol. The zero-order valence-electron chi connectivity index (χ0n) is 14.1. The number of hydrogen-bond donors (Lipinski definition) is 0. The minimum Gasteiger partial charge on any atom is -0.462 e. The number of ether oxygens (including phenoxy) is 2. The van der Waals surface area contributed by atoms with E-state index in [2.05, 4.69) is 0 Å². The van der Waals surface area contributed by atoms with Crippen LogP contribution in [-0.4, -0.2) is 24.6 Å². The first kappa shape index (κ1) is 19.2. The fraction of sp³-hybridized carbons (Fsp3) is 0.316. The van der Waals surface area contributed by atoms with Gasteiger partial charge in [-0.1, -0.05) is 31.2 Å². The second kappa shape index (κ2) is 10.0. The topological polar surface area (TPSA) is 76.4 Å². The van der Waals surface area contributed by atoms with Crippen LogP contribution in [0.3, 0.4) is 0 Å². The first-order chi connectivity index (χ1) is 11.5. The molecule has 5 nitrogen and oxygen atoms in total. The smallest absolute Gasteiger partial charge is 0.348 e. The van der Waals surface area contributed by atoms with Gasteiger partial charge in [0.15, 0.2) is 0 Å². The lowest BCUT2D eigenvalue weighted by Crippen LogP contribution is -2.11. The third kappa shape index (κ3) is 6.49. The number of nitrogens with zero attached hydrogens (tertiary/aromatic N) is 1. The molecule has 1 atom stereocenters. The monoisotopic (exact) mass is 327 g/mol. The van der Waals surface area contributed by atoms with E-state index in [0.717, 1.165) is 12.0 Å². The summed E-state index contributed by atoms with van der Waals surface area (Å²) in [5.41, 5.74) is 1.44. The van der Waals surface area contributed by atoms with E-state index in [1.807, 2.05) is 19.9 Å². The molecular formula is C19H21NO4. The van der Waals surface area contributed by atoms with Crippen molar-refractivity contribution in [1.82, 2.24) is 0 Å². The van der Waals surface area contributed by atoms with E-state index in [9.17, 15) is 9.59 Å². The molecule has 24 heavy (non-hydrogen) atoms. The SMILES string of the molecule is CCOC(=O)/C(C#N)=C/c1ccc(/C=C/C(=O)O[C@@H](C)CC)cc1. The number of esters is 2. The maximum Gasteiger partial charge on any atom is 0.348 e. The van der Waals surface area contributed by atoms with E-state index >= 15 is 0 Å². The van der Waals surface area contributed by atoms with Crippen LogP contribution in [0.1, 0.15) is 38.3 Å². The van der Waals surface area contributed by atoms with Gasteiger partial charge in [0, 0.05) is 6.08 Å². The first-order valence-electron chi connectivity index (χ1n) is 7.77. The number of nitriles is 1. The zero-order chi connectivity index (χ0) is 17.9. The molecule has 0 aromatic heterocycles. The summed E-state index contributed by atoms with van der Waals surface area (Å²) in [6.07, 6.45) is 5.14. The summed E-state index contributed by atoms with van der Waals surface area (Å²) in [6, 6.07) is 8.87. The number of rotatable bonds is 7. The molecule has 0 aliphatic rings. The molecule has 0 N–H and O–H groups in total. The molecule has 0 amide bonds. The highest BCUT2D eigenvalue weighted by molar-refractivity contribution is 5.97. The molecule has 1 aromatic carbocycles. The van der Waals surface area contributed by atoms with Crippen molar-refractivity contribution in [2.24, 2.45) is 0 Å². The molecule has 5 heteroatoms. The number of carbonyl (C=O) groups is 2. The standard InChI is InChI=1S/C19H21NO4/c1-4-14(3)24-18(21)11-10-15-6-8-16(9-7-15)12-17(13-20)19(22)23-5-2/h6-12,14H,4-5H2,1-3H3/b11-10+,17-12+/t14-/m0/s1. The molecule has 1 aromatic rings. The van der Waals surface area contributed by atoms with E-state index in [1.165, 1.54) is 12.2 Å². The summed E-state index contributed by atoms with van der Waals surface area (Å²) in [4.78, 5) is 23.1. The largest absolute Gasteiger partial charge is 0.462 e. The lowest BCUT2D eigenvalue weighted by atomic mass is 10.1. The number of hydrogen-bond acceptors (Lipinski definition) is 5. The van der Waals surface area contributed by atoms with Crippen LogP contribution < -0.4 is 0 Å². The molecule has 0 fully saturated rings. The second-order valence-corrected chi connectivity index (χ2v) is 5.05. The summed E-state index contributed by atoms with van der Waals surface area (Å²) in [5.74, 6) is -1.03. The van der Waals surface area contributed by atoms with Crippen LogP contribution >= 0.6 is 0 Å². The van der Waals surface area contributed by atoms with Gasteiger partial charge < -0.3 is 9.47 Å². The quantitative estimate of drug-likeness (QED) is 0.435. The Morgan fingerprint density at radius 1 is 1.21 bits per heavy atom. The molecule has 0 bridgehead atoms. The van der Waals surface area contributed by atoms with Gasteiger partial charge in [-0.05, 0) is 43.5 Å². The molecule has 0 spiro atoms. The molecule has 0 radical (unpaired) electrons. The second-order valence-electron chi connectivity index (χ2n) is 5.05. The van der Waals surface area contributed by atoms with Crippen molar-refractivity contribution in [3.8, 4) is 6.07 Å². The van der Waals surface area contributed by atoms with E-state index in [4.69, 9.17) is 14.7 Å². The Hall–Kier alpha value is -2.87. The van der Waals surface area contributed by atoms with Crippen LogP contribution in [0, 0.1) is 11.3 Å². The van der Waals surface area contributed by atoms with Crippen molar-refractivity contribution >= 4 is 24.1 Å². The van der Waals surface area contributed by atoms with E-state index < -0.39 is 5.97 Å². The molecule has 0 saturated heterocycles. The summed E-state index contributed by atoms with van der Waals surface area (Å²) >= 11 is 0. The summed E-state index contributed by atoms with van der Waals surface area (Å²) < 4.78 is 9.94. The van der Waals surface area contributed by atoms with Gasteiger partial charge >= 0.3 is 11.9 Å². The number of benzene rings is 1. The molecule has 0 heterocycles. The Kier molecular flexibility index (Phi) is 8.00. The maximum absolute atomic E-state index is 11.6. The van der Waals surface area contributed by atoms with Crippen LogP contribution in [0.4, 0.5) is 0 Å². The molecule has 0 aliphatic carbocycles. The van der Waals surface area contributed by atoms with E-state index in [0.29, 0.717) is 5.56 Å². The Morgan fingerprint density at radius 3 is 2.38 bits per heavy atom. The van der Waals surface area contributed by atoms with Gasteiger partial charge in [0.05, 0.1) is 12.7 Å². The van der Waals surface area contributed by atoms with Gasteiger partial charge in [-0.25, -0.2) is 9.59 Å².